The van der Waals surface area contributed by atoms with Crippen LogP contribution in [-0.4, -0.2) is 26.2 Å². The fourth-order valence-electron chi connectivity index (χ4n) is 12.9. The van der Waals surface area contributed by atoms with Gasteiger partial charge in [0.1, 0.15) is 28.7 Å². The summed E-state index contributed by atoms with van der Waals surface area (Å²) in [5.74, 6) is 1.05. The van der Waals surface area contributed by atoms with Gasteiger partial charge >= 0.3 is 11.9 Å². The van der Waals surface area contributed by atoms with Crippen LogP contribution in [0.1, 0.15) is 132 Å². The van der Waals surface area contributed by atoms with Crippen LogP contribution in [0.15, 0.2) is 188 Å². The van der Waals surface area contributed by atoms with Crippen LogP contribution in [0.4, 0.5) is 8.78 Å². The molecule has 9 aromatic rings. The molecule has 9 aromatic carbocycles. The maximum Gasteiger partial charge on any atom is 0.343 e. The molecule has 2 aliphatic carbocycles. The van der Waals surface area contributed by atoms with E-state index < -0.39 is 34.8 Å². The lowest BCUT2D eigenvalue weighted by molar-refractivity contribution is 0.0219. The summed E-state index contributed by atoms with van der Waals surface area (Å²) in [4.78, 5) is 27.5. The third kappa shape index (κ3) is 9.95. The lowest BCUT2D eigenvalue weighted by Crippen LogP contribution is -2.35. The Bertz CT molecular complexity index is 3790. The van der Waals surface area contributed by atoms with Gasteiger partial charge < -0.3 is 23.7 Å². The Kier molecular flexibility index (Phi) is 14.9. The second kappa shape index (κ2) is 22.7. The van der Waals surface area contributed by atoms with E-state index in [1.807, 2.05) is 84.9 Å². The first-order valence-electron chi connectivity index (χ1n) is 28.7. The third-order valence-corrected chi connectivity index (χ3v) is 17.4. The Morgan fingerprint density at radius 1 is 0.598 bits per heavy atom. The molecular formula is C73H64F2O7. The van der Waals surface area contributed by atoms with E-state index in [2.05, 4.69) is 50.2 Å². The highest BCUT2D eigenvalue weighted by Gasteiger charge is 2.48. The molecule has 7 nitrogen and oxygen atoms in total. The Labute approximate surface area is 478 Å². The number of fused-ring (bicyclic) bond motifs is 8. The van der Waals surface area contributed by atoms with Crippen LogP contribution in [0, 0.1) is 17.6 Å². The molecule has 0 N–H and O–H groups in total. The van der Waals surface area contributed by atoms with E-state index in [9.17, 15) is 18.4 Å². The standard InChI is InChI=1S/C73H64F2O7/c1-5-7-8-11-46-14-16-47(17-15-46)48-18-20-49(21-19-48)50-22-26-53(27-23-50)70(76)80-59-40-30-52(31-41-59)51-24-28-54(29-25-51)71(77)81-66-44-62-63(45-65(66)78-3)69-61(68-67(62)60-12-9-10-13-64(60)72(68,6-2)79-4)42-43-73(82-69,55-32-36-57(74)37-33-55)56-34-38-58(75)39-35-56/h9-10,12-13,18-47H,5-8,11,14-17H2,1-4H3/t46-,47-,72?. The van der Waals surface area contributed by atoms with Gasteiger partial charge in [-0.25, -0.2) is 18.4 Å². The number of carbonyl (C=O) groups is 2. The Morgan fingerprint density at radius 3 is 1.71 bits per heavy atom. The van der Waals surface area contributed by atoms with Crippen molar-refractivity contribution < 1.29 is 42.1 Å². The van der Waals surface area contributed by atoms with E-state index >= 15 is 0 Å². The maximum absolute atomic E-state index is 14.5. The highest BCUT2D eigenvalue weighted by Crippen LogP contribution is 2.60. The molecular weight excluding hydrogens is 1030 g/mol. The van der Waals surface area contributed by atoms with Crippen molar-refractivity contribution in [2.75, 3.05) is 14.2 Å². The topological polar surface area (TPSA) is 80.3 Å². The second-order valence-corrected chi connectivity index (χ2v) is 22.0. The van der Waals surface area contributed by atoms with E-state index in [-0.39, 0.29) is 11.5 Å². The monoisotopic (exact) mass is 1090 g/mol. The summed E-state index contributed by atoms with van der Waals surface area (Å²) in [5, 5.41) is 1.38. The van der Waals surface area contributed by atoms with Crippen molar-refractivity contribution in [3.63, 3.8) is 0 Å². The molecule has 1 unspecified atom stereocenters. The molecule has 1 saturated carbocycles. The zero-order chi connectivity index (χ0) is 56.5. The predicted molar refractivity (Wildman–Crippen MR) is 320 cm³/mol. The minimum Gasteiger partial charge on any atom is -0.493 e. The van der Waals surface area contributed by atoms with Crippen LogP contribution in [0.2, 0.25) is 0 Å². The number of hydrogen-bond acceptors (Lipinski definition) is 7. The van der Waals surface area contributed by atoms with Crippen molar-refractivity contribution in [3.05, 3.63) is 244 Å². The highest BCUT2D eigenvalue weighted by molar-refractivity contribution is 6.10. The molecule has 1 heterocycles. The van der Waals surface area contributed by atoms with Crippen LogP contribution in [0.3, 0.4) is 0 Å². The third-order valence-electron chi connectivity index (χ3n) is 17.4. The second-order valence-electron chi connectivity index (χ2n) is 22.0. The van der Waals surface area contributed by atoms with Gasteiger partial charge in [0.15, 0.2) is 17.1 Å². The van der Waals surface area contributed by atoms with Gasteiger partial charge in [-0.05, 0) is 173 Å². The largest absolute Gasteiger partial charge is 0.493 e. The van der Waals surface area contributed by atoms with E-state index in [0.717, 1.165) is 61.4 Å². The normalized spacial score (nSPS) is 17.5. The summed E-state index contributed by atoms with van der Waals surface area (Å²) < 4.78 is 61.0. The molecule has 0 spiro atoms. The molecule has 0 bridgehead atoms. The molecule has 0 saturated heterocycles. The summed E-state index contributed by atoms with van der Waals surface area (Å²) in [6.07, 6.45) is 15.1. The molecule has 1 atom stereocenters. The number of unbranched alkanes of at least 4 members (excludes halogenated alkanes) is 2. The molecule has 1 fully saturated rings. The van der Waals surface area contributed by atoms with Crippen LogP contribution < -0.4 is 18.9 Å². The van der Waals surface area contributed by atoms with Gasteiger partial charge in [-0.2, -0.15) is 0 Å². The number of hydrogen-bond donors (Lipinski definition) is 0. The van der Waals surface area contributed by atoms with Gasteiger partial charge in [0.25, 0.3) is 0 Å². The van der Waals surface area contributed by atoms with Crippen molar-refractivity contribution >= 4 is 28.8 Å². The van der Waals surface area contributed by atoms with Crippen molar-refractivity contribution in [2.45, 2.75) is 88.8 Å². The Balaban J connectivity index is 0.770. The van der Waals surface area contributed by atoms with Crippen LogP contribution >= 0.6 is 0 Å². The van der Waals surface area contributed by atoms with Gasteiger partial charge in [-0.1, -0.05) is 155 Å². The Hall–Kier alpha value is -8.66. The number of ether oxygens (including phenoxy) is 5. The molecule has 0 amide bonds. The first kappa shape index (κ1) is 54.0. The lowest BCUT2D eigenvalue weighted by atomic mass is 9.77. The first-order chi connectivity index (χ1) is 40.0. The minimum absolute atomic E-state index is 0.191. The predicted octanol–water partition coefficient (Wildman–Crippen LogP) is 18.4. The minimum atomic E-state index is -1.31. The van der Waals surface area contributed by atoms with Crippen molar-refractivity contribution in [1.29, 1.82) is 0 Å². The number of rotatable bonds is 16. The van der Waals surface area contributed by atoms with Gasteiger partial charge in [0, 0.05) is 34.7 Å². The SMILES string of the molecule is CCCCC[C@H]1CC[C@H](c2ccc(-c3ccc(C(=O)Oc4ccc(-c5ccc(C(=O)Oc6cc7c8c(c9c(c7cc6OC)OC(c6ccc(F)cc6)(c6ccc(F)cc6)C=C9)C(CC)(OC)c6ccccc6-8)cc5)cc4)cc3)cc2)CC1. The zero-order valence-corrected chi connectivity index (χ0v) is 46.6. The van der Waals surface area contributed by atoms with E-state index in [0.29, 0.717) is 51.5 Å². The van der Waals surface area contributed by atoms with E-state index in [1.54, 1.807) is 55.6 Å². The molecule has 1 aliphatic heterocycles. The van der Waals surface area contributed by atoms with E-state index in [4.69, 9.17) is 23.7 Å². The lowest BCUT2D eigenvalue weighted by Gasteiger charge is -2.39. The number of halogens is 2. The van der Waals surface area contributed by atoms with Crippen molar-refractivity contribution in [3.8, 4) is 56.4 Å². The van der Waals surface area contributed by atoms with Crippen LogP contribution in [-0.2, 0) is 15.9 Å². The van der Waals surface area contributed by atoms with E-state index in [1.165, 1.54) is 88.3 Å². The quantitative estimate of drug-likeness (QED) is 0.0542. The average Bonchev–Trinajstić information content (AvgIpc) is 2.02. The first-order valence-corrected chi connectivity index (χ1v) is 28.7. The molecule has 412 valence electrons. The smallest absolute Gasteiger partial charge is 0.343 e. The van der Waals surface area contributed by atoms with Gasteiger partial charge in [0.2, 0.25) is 0 Å². The molecule has 82 heavy (non-hydrogen) atoms. The zero-order valence-electron chi connectivity index (χ0n) is 46.6. The summed E-state index contributed by atoms with van der Waals surface area (Å²) in [6.45, 7) is 4.36. The summed E-state index contributed by atoms with van der Waals surface area (Å²) >= 11 is 0. The van der Waals surface area contributed by atoms with Gasteiger partial charge in [0.05, 0.1) is 18.2 Å². The molecule has 0 radical (unpaired) electrons. The van der Waals surface area contributed by atoms with Crippen molar-refractivity contribution in [2.24, 2.45) is 5.92 Å². The number of methoxy groups -OCH3 is 2. The molecule has 0 aromatic heterocycles. The summed E-state index contributed by atoms with van der Waals surface area (Å²) in [6, 6.07) is 54.9. The summed E-state index contributed by atoms with van der Waals surface area (Å²) in [7, 11) is 3.22. The van der Waals surface area contributed by atoms with Crippen LogP contribution in [0.25, 0.3) is 50.2 Å². The van der Waals surface area contributed by atoms with Gasteiger partial charge in [-0.15, -0.1) is 0 Å². The highest BCUT2D eigenvalue weighted by atomic mass is 19.1. The fraction of sp³-hybridized carbons (Fsp3) is 0.233. The number of esters is 2. The van der Waals surface area contributed by atoms with Gasteiger partial charge in [-0.3, -0.25) is 0 Å². The number of carbonyl (C=O) groups excluding carboxylic acids is 2. The molecule has 9 heteroatoms. The van der Waals surface area contributed by atoms with Crippen LogP contribution in [0.5, 0.6) is 23.0 Å². The summed E-state index contributed by atoms with van der Waals surface area (Å²) in [5.41, 5.74) is 9.63. The average molecular weight is 1090 g/mol. The van der Waals surface area contributed by atoms with Crippen molar-refractivity contribution in [1.82, 2.24) is 0 Å². The maximum atomic E-state index is 14.5. The number of benzene rings is 9. The fourth-order valence-corrected chi connectivity index (χ4v) is 12.9. The Morgan fingerprint density at radius 2 is 1.15 bits per heavy atom. The molecule has 3 aliphatic rings. The molecule has 12 rings (SSSR count).